The molecule has 0 saturated carbocycles. The second-order valence-electron chi connectivity index (χ2n) is 8.27. The molecule has 1 aliphatic rings. The Morgan fingerprint density at radius 3 is 2.62 bits per heavy atom. The van der Waals surface area contributed by atoms with E-state index in [2.05, 4.69) is 34.2 Å². The number of carbonyl (C=O) groups excluding carboxylic acids is 1. The van der Waals surface area contributed by atoms with Crippen LogP contribution in [0.4, 0.5) is 11.4 Å². The van der Waals surface area contributed by atoms with Gasteiger partial charge < -0.3 is 10.1 Å². The maximum absolute atomic E-state index is 12.7. The molecule has 1 saturated heterocycles. The third-order valence-corrected chi connectivity index (χ3v) is 5.81. The number of hydrogen-bond acceptors (Lipinski definition) is 6. The van der Waals surface area contributed by atoms with Gasteiger partial charge in [-0.05, 0) is 25.0 Å². The summed E-state index contributed by atoms with van der Waals surface area (Å²) in [7, 11) is 0. The lowest BCUT2D eigenvalue weighted by atomic mass is 10.1. The van der Waals surface area contributed by atoms with Gasteiger partial charge in [0.1, 0.15) is 0 Å². The number of amides is 1. The number of nitrogens with zero attached hydrogens (tertiary/aromatic N) is 3. The molecule has 1 N–H and O–H groups in total. The van der Waals surface area contributed by atoms with Gasteiger partial charge in [-0.1, -0.05) is 36.4 Å². The van der Waals surface area contributed by atoms with Gasteiger partial charge in [0.15, 0.2) is 0 Å². The van der Waals surface area contributed by atoms with E-state index in [9.17, 15) is 14.9 Å². The molecule has 1 atom stereocenters. The van der Waals surface area contributed by atoms with Crippen molar-refractivity contribution in [2.24, 2.45) is 0 Å². The molecule has 0 aromatic heterocycles. The predicted molar refractivity (Wildman–Crippen MR) is 125 cm³/mol. The van der Waals surface area contributed by atoms with Gasteiger partial charge in [-0.2, -0.15) is 0 Å². The molecule has 0 bridgehead atoms. The second-order valence-corrected chi connectivity index (χ2v) is 8.27. The molecule has 1 aliphatic heterocycles. The van der Waals surface area contributed by atoms with E-state index in [4.69, 9.17) is 4.74 Å². The molecule has 0 radical (unpaired) electrons. The van der Waals surface area contributed by atoms with Crippen LogP contribution in [0.1, 0.15) is 24.5 Å². The Morgan fingerprint density at radius 1 is 1.22 bits per heavy atom. The molecule has 3 rings (SSSR count). The maximum Gasteiger partial charge on any atom is 0.271 e. The largest absolute Gasteiger partial charge is 0.379 e. The SMILES string of the molecule is Cc1ccc([N+](=O)[O-])cc1NC(=O)CCN(Cc1ccccc1)C(C)CN1CCOCC1. The van der Waals surface area contributed by atoms with E-state index < -0.39 is 4.92 Å². The first-order chi connectivity index (χ1) is 15.4. The monoisotopic (exact) mass is 440 g/mol. The van der Waals surface area contributed by atoms with Crippen LogP contribution in [-0.2, 0) is 16.1 Å². The van der Waals surface area contributed by atoms with Gasteiger partial charge in [-0.25, -0.2) is 0 Å². The zero-order valence-corrected chi connectivity index (χ0v) is 18.8. The van der Waals surface area contributed by atoms with E-state index in [0.29, 0.717) is 18.7 Å². The Kier molecular flexibility index (Phi) is 8.72. The molecule has 2 aromatic rings. The fourth-order valence-corrected chi connectivity index (χ4v) is 3.86. The highest BCUT2D eigenvalue weighted by molar-refractivity contribution is 5.92. The Morgan fingerprint density at radius 2 is 1.94 bits per heavy atom. The highest BCUT2D eigenvalue weighted by Gasteiger charge is 2.20. The van der Waals surface area contributed by atoms with Gasteiger partial charge in [0.05, 0.1) is 23.8 Å². The standard InChI is InChI=1S/C24H32N4O4/c1-19-8-9-22(28(30)31)16-23(19)25-24(29)10-11-27(18-21-6-4-3-5-7-21)20(2)17-26-12-14-32-15-13-26/h3-9,16,20H,10-15,17-18H2,1-2H3,(H,25,29). The van der Waals surface area contributed by atoms with Gasteiger partial charge in [0, 0.05) is 57.3 Å². The lowest BCUT2D eigenvalue weighted by Gasteiger charge is -2.35. The van der Waals surface area contributed by atoms with E-state index in [-0.39, 0.29) is 17.6 Å². The Labute approximate surface area is 189 Å². The summed E-state index contributed by atoms with van der Waals surface area (Å²) in [6.45, 7) is 9.67. The summed E-state index contributed by atoms with van der Waals surface area (Å²) in [4.78, 5) is 28.0. The first kappa shape index (κ1) is 23.8. The number of rotatable bonds is 10. The molecule has 8 heteroatoms. The smallest absolute Gasteiger partial charge is 0.271 e. The quantitative estimate of drug-likeness (QED) is 0.450. The average molecular weight is 441 g/mol. The number of nitro groups is 1. The summed E-state index contributed by atoms with van der Waals surface area (Å²) in [5, 5.41) is 13.9. The van der Waals surface area contributed by atoms with E-state index in [1.54, 1.807) is 6.07 Å². The summed E-state index contributed by atoms with van der Waals surface area (Å²) in [5.41, 5.74) is 2.46. The zero-order chi connectivity index (χ0) is 22.9. The summed E-state index contributed by atoms with van der Waals surface area (Å²) in [6.07, 6.45) is 0.308. The maximum atomic E-state index is 12.7. The second kappa shape index (κ2) is 11.7. The van der Waals surface area contributed by atoms with Crippen LogP contribution in [0, 0.1) is 17.0 Å². The predicted octanol–water partition coefficient (Wildman–Crippen LogP) is 3.45. The number of ether oxygens (including phenoxy) is 1. The topological polar surface area (TPSA) is 88.0 Å². The minimum absolute atomic E-state index is 0.0317. The van der Waals surface area contributed by atoms with Crippen LogP contribution in [0.25, 0.3) is 0 Å². The van der Waals surface area contributed by atoms with Crippen molar-refractivity contribution in [3.63, 3.8) is 0 Å². The van der Waals surface area contributed by atoms with Crippen LogP contribution in [0.5, 0.6) is 0 Å². The van der Waals surface area contributed by atoms with Crippen molar-refractivity contribution in [3.05, 3.63) is 69.8 Å². The van der Waals surface area contributed by atoms with E-state index >= 15 is 0 Å². The van der Waals surface area contributed by atoms with Crippen molar-refractivity contribution in [2.75, 3.05) is 44.7 Å². The van der Waals surface area contributed by atoms with Crippen LogP contribution in [-0.4, -0.2) is 66.1 Å². The van der Waals surface area contributed by atoms with Crippen LogP contribution < -0.4 is 5.32 Å². The number of benzene rings is 2. The van der Waals surface area contributed by atoms with Gasteiger partial charge in [0.25, 0.3) is 5.69 Å². The normalized spacial score (nSPS) is 15.5. The zero-order valence-electron chi connectivity index (χ0n) is 18.8. The number of anilines is 1. The fraction of sp³-hybridized carbons (Fsp3) is 0.458. The van der Waals surface area contributed by atoms with Gasteiger partial charge >= 0.3 is 0 Å². The van der Waals surface area contributed by atoms with Crippen molar-refractivity contribution in [2.45, 2.75) is 32.9 Å². The third-order valence-electron chi connectivity index (χ3n) is 5.81. The minimum atomic E-state index is -0.454. The average Bonchev–Trinajstić information content (AvgIpc) is 2.79. The summed E-state index contributed by atoms with van der Waals surface area (Å²) >= 11 is 0. The first-order valence-corrected chi connectivity index (χ1v) is 11.1. The molecular weight excluding hydrogens is 408 g/mol. The van der Waals surface area contributed by atoms with E-state index in [1.807, 2.05) is 25.1 Å². The molecule has 0 aliphatic carbocycles. The number of morpholine rings is 1. The molecule has 1 fully saturated rings. The number of non-ortho nitro benzene ring substituents is 1. The number of aryl methyl sites for hydroxylation is 1. The highest BCUT2D eigenvalue weighted by atomic mass is 16.6. The first-order valence-electron chi connectivity index (χ1n) is 11.1. The number of nitro benzene ring substituents is 1. The summed E-state index contributed by atoms with van der Waals surface area (Å²) < 4.78 is 5.46. The minimum Gasteiger partial charge on any atom is -0.379 e. The van der Waals surface area contributed by atoms with Crippen molar-refractivity contribution < 1.29 is 14.5 Å². The van der Waals surface area contributed by atoms with Crippen molar-refractivity contribution >= 4 is 17.3 Å². The van der Waals surface area contributed by atoms with Crippen LogP contribution in [0.15, 0.2) is 48.5 Å². The molecule has 32 heavy (non-hydrogen) atoms. The summed E-state index contributed by atoms with van der Waals surface area (Å²) in [5.74, 6) is -0.148. The van der Waals surface area contributed by atoms with Crippen molar-refractivity contribution in [1.29, 1.82) is 0 Å². The highest BCUT2D eigenvalue weighted by Crippen LogP contribution is 2.22. The molecule has 172 valence electrons. The Hall–Kier alpha value is -2.81. The van der Waals surface area contributed by atoms with Crippen LogP contribution >= 0.6 is 0 Å². The van der Waals surface area contributed by atoms with Crippen LogP contribution in [0.3, 0.4) is 0 Å². The van der Waals surface area contributed by atoms with Crippen molar-refractivity contribution in [3.8, 4) is 0 Å². The molecule has 1 heterocycles. The third kappa shape index (κ3) is 7.12. The number of hydrogen-bond donors (Lipinski definition) is 1. The molecule has 0 spiro atoms. The lowest BCUT2D eigenvalue weighted by Crippen LogP contribution is -2.46. The number of carbonyl (C=O) groups is 1. The van der Waals surface area contributed by atoms with Crippen LogP contribution in [0.2, 0.25) is 0 Å². The van der Waals surface area contributed by atoms with E-state index in [1.165, 1.54) is 17.7 Å². The molecular formula is C24H32N4O4. The molecule has 1 amide bonds. The van der Waals surface area contributed by atoms with E-state index in [0.717, 1.165) is 45.0 Å². The fourth-order valence-electron chi connectivity index (χ4n) is 3.86. The molecule has 1 unspecified atom stereocenters. The van der Waals surface area contributed by atoms with Gasteiger partial charge in [0.2, 0.25) is 5.91 Å². The molecule has 8 nitrogen and oxygen atoms in total. The van der Waals surface area contributed by atoms with Gasteiger partial charge in [-0.15, -0.1) is 0 Å². The molecule has 2 aromatic carbocycles. The Bertz CT molecular complexity index is 900. The number of nitrogens with one attached hydrogen (secondary N) is 1. The summed E-state index contributed by atoms with van der Waals surface area (Å²) in [6, 6.07) is 15.0. The van der Waals surface area contributed by atoms with Gasteiger partial charge in [-0.3, -0.25) is 24.7 Å². The lowest BCUT2D eigenvalue weighted by molar-refractivity contribution is -0.384. The Balaban J connectivity index is 1.62. The van der Waals surface area contributed by atoms with Crippen molar-refractivity contribution in [1.82, 2.24) is 9.80 Å².